The van der Waals surface area contributed by atoms with Crippen LogP contribution >= 0.6 is 23.1 Å². The summed E-state index contributed by atoms with van der Waals surface area (Å²) < 4.78 is 0. The maximum atomic E-state index is 9.24. The van der Waals surface area contributed by atoms with Crippen LogP contribution in [-0.4, -0.2) is 6.26 Å². The lowest BCUT2D eigenvalue weighted by Crippen LogP contribution is -2.02. The fourth-order valence-corrected chi connectivity index (χ4v) is 3.15. The van der Waals surface area contributed by atoms with E-state index >= 15 is 0 Å². The van der Waals surface area contributed by atoms with Gasteiger partial charge in [0.1, 0.15) is 6.07 Å². The molecule has 1 aromatic carbocycles. The number of aryl methyl sites for hydroxylation is 1. The molecule has 0 bridgehead atoms. The molecule has 0 aliphatic carbocycles. The van der Waals surface area contributed by atoms with Crippen molar-refractivity contribution in [2.75, 3.05) is 11.6 Å². The summed E-state index contributed by atoms with van der Waals surface area (Å²) in [6.07, 6.45) is 1.99. The zero-order valence-electron chi connectivity index (χ0n) is 10.4. The number of rotatable bonds is 4. The first-order valence-corrected chi connectivity index (χ1v) is 7.75. The molecule has 0 atom stereocenters. The van der Waals surface area contributed by atoms with Gasteiger partial charge in [-0.05, 0) is 47.2 Å². The minimum absolute atomic E-state index is 0.734. The van der Waals surface area contributed by atoms with Gasteiger partial charge in [-0.15, -0.1) is 11.8 Å². The molecule has 1 aromatic heterocycles. The minimum atomic E-state index is 0.734. The van der Waals surface area contributed by atoms with Crippen LogP contribution in [0.25, 0.3) is 0 Å². The van der Waals surface area contributed by atoms with Crippen LogP contribution < -0.4 is 5.32 Å². The van der Waals surface area contributed by atoms with Crippen molar-refractivity contribution in [1.29, 1.82) is 5.26 Å². The molecule has 0 saturated heterocycles. The second-order valence-electron chi connectivity index (χ2n) is 3.93. The molecule has 18 heavy (non-hydrogen) atoms. The van der Waals surface area contributed by atoms with Crippen molar-refractivity contribution in [3.8, 4) is 6.07 Å². The molecule has 2 nitrogen and oxygen atoms in total. The highest BCUT2D eigenvalue weighted by atomic mass is 32.2. The second kappa shape index (κ2) is 5.94. The quantitative estimate of drug-likeness (QED) is 0.846. The van der Waals surface area contributed by atoms with Gasteiger partial charge < -0.3 is 5.32 Å². The number of nitrogens with zero attached hydrogens (tertiary/aromatic N) is 1. The molecular weight excluding hydrogens is 260 g/mol. The van der Waals surface area contributed by atoms with E-state index in [1.807, 2.05) is 24.5 Å². The summed E-state index contributed by atoms with van der Waals surface area (Å²) in [6.45, 7) is 2.87. The lowest BCUT2D eigenvalue weighted by molar-refractivity contribution is 1.13. The molecule has 2 rings (SSSR count). The van der Waals surface area contributed by atoms with E-state index in [1.165, 1.54) is 11.1 Å². The monoisotopic (exact) mass is 274 g/mol. The first-order valence-electron chi connectivity index (χ1n) is 5.59. The van der Waals surface area contributed by atoms with Crippen molar-refractivity contribution in [2.24, 2.45) is 0 Å². The standard InChI is InChI=1S/C14H14N2S2/c1-10-8-18-9-11(10)7-16-13-4-3-5-14(17-2)12(13)6-15/h3-5,8-9,16H,7H2,1-2H3. The Kier molecular flexibility index (Phi) is 4.29. The summed E-state index contributed by atoms with van der Waals surface area (Å²) in [5.41, 5.74) is 4.23. The maximum Gasteiger partial charge on any atom is 0.102 e. The number of anilines is 1. The van der Waals surface area contributed by atoms with Gasteiger partial charge in [-0.1, -0.05) is 6.07 Å². The van der Waals surface area contributed by atoms with Crippen LogP contribution in [0.2, 0.25) is 0 Å². The minimum Gasteiger partial charge on any atom is -0.380 e. The van der Waals surface area contributed by atoms with Crippen LogP contribution in [0.3, 0.4) is 0 Å². The number of nitrogens with one attached hydrogen (secondary N) is 1. The molecule has 4 heteroatoms. The third kappa shape index (κ3) is 2.69. The van der Waals surface area contributed by atoms with Gasteiger partial charge in [0, 0.05) is 11.4 Å². The number of benzene rings is 1. The van der Waals surface area contributed by atoms with Crippen LogP contribution in [0.4, 0.5) is 5.69 Å². The summed E-state index contributed by atoms with van der Waals surface area (Å²) in [5, 5.41) is 16.9. The SMILES string of the molecule is CSc1cccc(NCc2cscc2C)c1C#N. The summed E-state index contributed by atoms with van der Waals surface area (Å²) in [4.78, 5) is 1.02. The van der Waals surface area contributed by atoms with Crippen molar-refractivity contribution in [3.05, 3.63) is 45.6 Å². The van der Waals surface area contributed by atoms with Gasteiger partial charge in [0.25, 0.3) is 0 Å². The van der Waals surface area contributed by atoms with E-state index in [4.69, 9.17) is 0 Å². The van der Waals surface area contributed by atoms with E-state index in [9.17, 15) is 5.26 Å². The third-order valence-electron chi connectivity index (χ3n) is 2.79. The zero-order valence-corrected chi connectivity index (χ0v) is 12.0. The van der Waals surface area contributed by atoms with Gasteiger partial charge in [0.15, 0.2) is 0 Å². The number of nitriles is 1. The van der Waals surface area contributed by atoms with Gasteiger partial charge in [0.05, 0.1) is 11.3 Å². The molecule has 0 fully saturated rings. The Morgan fingerprint density at radius 2 is 2.22 bits per heavy atom. The van der Waals surface area contributed by atoms with E-state index in [0.29, 0.717) is 0 Å². The fourth-order valence-electron chi connectivity index (χ4n) is 1.72. The third-order valence-corrected chi connectivity index (χ3v) is 4.48. The van der Waals surface area contributed by atoms with Crippen molar-refractivity contribution in [1.82, 2.24) is 0 Å². The zero-order chi connectivity index (χ0) is 13.0. The molecule has 0 aliphatic heterocycles. The van der Waals surface area contributed by atoms with E-state index in [1.54, 1.807) is 23.1 Å². The lowest BCUT2D eigenvalue weighted by atomic mass is 10.1. The predicted molar refractivity (Wildman–Crippen MR) is 79.3 cm³/mol. The smallest absolute Gasteiger partial charge is 0.102 e. The van der Waals surface area contributed by atoms with Gasteiger partial charge in [-0.25, -0.2) is 0 Å². The fraction of sp³-hybridized carbons (Fsp3) is 0.214. The Labute approximate surface area is 116 Å². The van der Waals surface area contributed by atoms with Crippen molar-refractivity contribution >= 4 is 28.8 Å². The topological polar surface area (TPSA) is 35.8 Å². The second-order valence-corrected chi connectivity index (χ2v) is 5.52. The highest BCUT2D eigenvalue weighted by Crippen LogP contribution is 2.27. The van der Waals surface area contributed by atoms with E-state index in [-0.39, 0.29) is 0 Å². The largest absolute Gasteiger partial charge is 0.380 e. The number of hydrogen-bond donors (Lipinski definition) is 1. The van der Waals surface area contributed by atoms with Gasteiger partial charge in [0.2, 0.25) is 0 Å². The van der Waals surface area contributed by atoms with Gasteiger partial charge >= 0.3 is 0 Å². The summed E-state index contributed by atoms with van der Waals surface area (Å²) >= 11 is 3.31. The van der Waals surface area contributed by atoms with Crippen LogP contribution in [0.15, 0.2) is 33.9 Å². The highest BCUT2D eigenvalue weighted by molar-refractivity contribution is 7.98. The molecule has 0 spiro atoms. The van der Waals surface area contributed by atoms with E-state index < -0.39 is 0 Å². The van der Waals surface area contributed by atoms with Crippen molar-refractivity contribution in [3.63, 3.8) is 0 Å². The Balaban J connectivity index is 2.20. The molecule has 92 valence electrons. The molecule has 2 aromatic rings. The summed E-state index contributed by atoms with van der Waals surface area (Å²) in [7, 11) is 0. The Hall–Kier alpha value is -1.44. The van der Waals surface area contributed by atoms with Gasteiger partial charge in [-0.3, -0.25) is 0 Å². The van der Waals surface area contributed by atoms with Crippen LogP contribution in [0, 0.1) is 18.3 Å². The Morgan fingerprint density at radius 1 is 1.39 bits per heavy atom. The molecule has 0 amide bonds. The predicted octanol–water partition coefficient (Wildman–Crippen LogP) is 4.26. The van der Waals surface area contributed by atoms with Crippen molar-refractivity contribution < 1.29 is 0 Å². The number of thiophene rings is 1. The molecular formula is C14H14N2S2. The molecule has 0 saturated carbocycles. The molecule has 1 N–H and O–H groups in total. The number of thioether (sulfide) groups is 1. The Bertz CT molecular complexity index is 582. The first kappa shape index (κ1) is 13.0. The maximum absolute atomic E-state index is 9.24. The summed E-state index contributed by atoms with van der Waals surface area (Å²) in [6, 6.07) is 8.20. The molecule has 0 radical (unpaired) electrons. The summed E-state index contributed by atoms with van der Waals surface area (Å²) in [5.74, 6) is 0. The normalized spacial score (nSPS) is 10.1. The number of hydrogen-bond acceptors (Lipinski definition) is 4. The average Bonchev–Trinajstić information content (AvgIpc) is 2.81. The molecule has 0 unspecified atom stereocenters. The molecule has 0 aliphatic rings. The van der Waals surface area contributed by atoms with Crippen LogP contribution in [0.1, 0.15) is 16.7 Å². The average molecular weight is 274 g/mol. The highest BCUT2D eigenvalue weighted by Gasteiger charge is 2.07. The van der Waals surface area contributed by atoms with Crippen molar-refractivity contribution in [2.45, 2.75) is 18.4 Å². The Morgan fingerprint density at radius 3 is 2.83 bits per heavy atom. The lowest BCUT2D eigenvalue weighted by Gasteiger charge is -2.10. The first-order chi connectivity index (χ1) is 8.76. The molecule has 1 heterocycles. The van der Waals surface area contributed by atoms with Crippen LogP contribution in [-0.2, 0) is 6.54 Å². The van der Waals surface area contributed by atoms with E-state index in [2.05, 4.69) is 29.1 Å². The van der Waals surface area contributed by atoms with Gasteiger partial charge in [-0.2, -0.15) is 16.6 Å². The van der Waals surface area contributed by atoms with E-state index in [0.717, 1.165) is 22.7 Å². The van der Waals surface area contributed by atoms with Crippen LogP contribution in [0.5, 0.6) is 0 Å².